The summed E-state index contributed by atoms with van der Waals surface area (Å²) in [6, 6.07) is 17.7. The SMILES string of the molecule is CC(Sc1nc(-c2ccccc2)c(C#N)c(=O)[nH]1)C(=O)Nc1cccc(Cl)c1. The molecule has 6 nitrogen and oxygen atoms in total. The molecular weight excluding hydrogens is 396 g/mol. The fourth-order valence-corrected chi connectivity index (χ4v) is 3.43. The average Bonchev–Trinajstić information content (AvgIpc) is 2.68. The Bertz CT molecular complexity index is 1110. The van der Waals surface area contributed by atoms with E-state index in [-0.39, 0.29) is 22.3 Å². The minimum Gasteiger partial charge on any atom is -0.325 e. The van der Waals surface area contributed by atoms with Gasteiger partial charge in [-0.2, -0.15) is 5.26 Å². The van der Waals surface area contributed by atoms with E-state index in [2.05, 4.69) is 15.3 Å². The zero-order chi connectivity index (χ0) is 20.1. The van der Waals surface area contributed by atoms with Crippen molar-refractivity contribution in [3.05, 3.63) is 75.5 Å². The van der Waals surface area contributed by atoms with Crippen LogP contribution in [0.2, 0.25) is 5.02 Å². The van der Waals surface area contributed by atoms with Crippen LogP contribution in [0, 0.1) is 11.3 Å². The maximum absolute atomic E-state index is 12.4. The molecule has 0 saturated carbocycles. The van der Waals surface area contributed by atoms with Gasteiger partial charge in [0.1, 0.15) is 11.6 Å². The minimum absolute atomic E-state index is 0.0633. The van der Waals surface area contributed by atoms with Crippen molar-refractivity contribution in [2.75, 3.05) is 5.32 Å². The van der Waals surface area contributed by atoms with Gasteiger partial charge < -0.3 is 10.3 Å². The Balaban J connectivity index is 1.84. The molecule has 0 spiro atoms. The van der Waals surface area contributed by atoms with Gasteiger partial charge in [-0.3, -0.25) is 9.59 Å². The predicted octanol–water partition coefficient (Wildman–Crippen LogP) is 4.08. The third-order valence-corrected chi connectivity index (χ3v) is 5.03. The van der Waals surface area contributed by atoms with Gasteiger partial charge in [-0.05, 0) is 25.1 Å². The van der Waals surface area contributed by atoms with Crippen molar-refractivity contribution >= 4 is 35.0 Å². The van der Waals surface area contributed by atoms with Crippen molar-refractivity contribution in [3.8, 4) is 17.3 Å². The zero-order valence-electron chi connectivity index (χ0n) is 14.8. The smallest absolute Gasteiger partial charge is 0.270 e. The number of amides is 1. The molecule has 0 aliphatic heterocycles. The first-order chi connectivity index (χ1) is 13.5. The highest BCUT2D eigenvalue weighted by Crippen LogP contribution is 2.25. The first-order valence-corrected chi connectivity index (χ1v) is 9.56. The maximum Gasteiger partial charge on any atom is 0.270 e. The fourth-order valence-electron chi connectivity index (χ4n) is 2.45. The molecule has 1 aromatic heterocycles. The highest BCUT2D eigenvalue weighted by atomic mass is 35.5. The van der Waals surface area contributed by atoms with Crippen molar-refractivity contribution in [1.29, 1.82) is 5.26 Å². The van der Waals surface area contributed by atoms with E-state index >= 15 is 0 Å². The van der Waals surface area contributed by atoms with Crippen LogP contribution in [0.4, 0.5) is 5.69 Å². The largest absolute Gasteiger partial charge is 0.325 e. The molecule has 1 unspecified atom stereocenters. The number of H-pyrrole nitrogens is 1. The van der Waals surface area contributed by atoms with Crippen LogP contribution in [0.3, 0.4) is 0 Å². The van der Waals surface area contributed by atoms with E-state index in [0.717, 1.165) is 11.8 Å². The van der Waals surface area contributed by atoms with E-state index < -0.39 is 10.8 Å². The van der Waals surface area contributed by atoms with Crippen LogP contribution in [0.5, 0.6) is 0 Å². The monoisotopic (exact) mass is 410 g/mol. The number of nitriles is 1. The Kier molecular flexibility index (Phi) is 6.14. The maximum atomic E-state index is 12.4. The molecule has 2 N–H and O–H groups in total. The van der Waals surface area contributed by atoms with Crippen molar-refractivity contribution in [2.45, 2.75) is 17.3 Å². The Morgan fingerprint density at radius 1 is 1.25 bits per heavy atom. The first-order valence-electron chi connectivity index (χ1n) is 8.31. The standard InChI is InChI=1S/C20H15ClN4O2S/c1-12(18(26)23-15-9-5-8-14(21)10-15)28-20-24-17(13-6-3-2-4-7-13)16(11-22)19(27)25-20/h2-10,12H,1H3,(H,23,26)(H,24,25,27). The molecule has 3 aromatic rings. The lowest BCUT2D eigenvalue weighted by Gasteiger charge is -2.12. The van der Waals surface area contributed by atoms with Crippen LogP contribution in [0.15, 0.2) is 64.5 Å². The normalized spacial score (nSPS) is 11.5. The Hall–Kier alpha value is -3.08. The highest BCUT2D eigenvalue weighted by molar-refractivity contribution is 8.00. The lowest BCUT2D eigenvalue weighted by Crippen LogP contribution is -2.23. The number of anilines is 1. The summed E-state index contributed by atoms with van der Waals surface area (Å²) in [6.07, 6.45) is 0. The lowest BCUT2D eigenvalue weighted by atomic mass is 10.1. The summed E-state index contributed by atoms with van der Waals surface area (Å²) in [4.78, 5) is 31.7. The molecule has 3 rings (SSSR count). The second kappa shape index (κ2) is 8.74. The van der Waals surface area contributed by atoms with Gasteiger partial charge in [0.2, 0.25) is 5.91 Å². The molecule has 2 aromatic carbocycles. The van der Waals surface area contributed by atoms with Gasteiger partial charge in [0.15, 0.2) is 5.16 Å². The first kappa shape index (κ1) is 19.7. The predicted molar refractivity (Wildman–Crippen MR) is 110 cm³/mol. The number of aromatic amines is 1. The molecular formula is C20H15ClN4O2S. The molecule has 1 amide bonds. The van der Waals surface area contributed by atoms with Crippen molar-refractivity contribution in [2.24, 2.45) is 0 Å². The molecule has 140 valence electrons. The van der Waals surface area contributed by atoms with Gasteiger partial charge in [-0.15, -0.1) is 0 Å². The number of aromatic nitrogens is 2. The average molecular weight is 411 g/mol. The van der Waals surface area contributed by atoms with E-state index in [1.807, 2.05) is 12.1 Å². The van der Waals surface area contributed by atoms with Crippen molar-refractivity contribution in [1.82, 2.24) is 9.97 Å². The topological polar surface area (TPSA) is 98.6 Å². The summed E-state index contributed by atoms with van der Waals surface area (Å²) in [7, 11) is 0. The highest BCUT2D eigenvalue weighted by Gasteiger charge is 2.19. The molecule has 0 aliphatic carbocycles. The second-order valence-electron chi connectivity index (χ2n) is 5.83. The van der Waals surface area contributed by atoms with Crippen LogP contribution >= 0.6 is 23.4 Å². The summed E-state index contributed by atoms with van der Waals surface area (Å²) >= 11 is 7.02. The van der Waals surface area contributed by atoms with Gasteiger partial charge in [0.25, 0.3) is 5.56 Å². The quantitative estimate of drug-likeness (QED) is 0.487. The van der Waals surface area contributed by atoms with Crippen molar-refractivity contribution in [3.63, 3.8) is 0 Å². The fraction of sp³-hybridized carbons (Fsp3) is 0.100. The van der Waals surface area contributed by atoms with Gasteiger partial charge in [0.05, 0.1) is 10.9 Å². The van der Waals surface area contributed by atoms with Crippen LogP contribution in [0.25, 0.3) is 11.3 Å². The zero-order valence-corrected chi connectivity index (χ0v) is 16.3. The number of halogens is 1. The lowest BCUT2D eigenvalue weighted by molar-refractivity contribution is -0.115. The molecule has 1 atom stereocenters. The number of nitrogens with one attached hydrogen (secondary N) is 2. The third kappa shape index (κ3) is 4.60. The number of thioether (sulfide) groups is 1. The minimum atomic E-state index is -0.543. The summed E-state index contributed by atoms with van der Waals surface area (Å²) in [6.45, 7) is 1.70. The Morgan fingerprint density at radius 3 is 2.68 bits per heavy atom. The number of nitrogens with zero attached hydrogens (tertiary/aromatic N) is 2. The number of hydrogen-bond donors (Lipinski definition) is 2. The molecule has 1 heterocycles. The molecule has 0 radical (unpaired) electrons. The van der Waals surface area contributed by atoms with E-state index in [4.69, 9.17) is 11.6 Å². The van der Waals surface area contributed by atoms with Crippen LogP contribution in [-0.4, -0.2) is 21.1 Å². The summed E-state index contributed by atoms with van der Waals surface area (Å²) in [5, 5.41) is 12.3. The summed E-state index contributed by atoms with van der Waals surface area (Å²) < 4.78 is 0. The number of hydrogen-bond acceptors (Lipinski definition) is 5. The third-order valence-electron chi connectivity index (χ3n) is 3.81. The Labute approximate surface area is 170 Å². The van der Waals surface area contributed by atoms with Crippen LogP contribution in [0.1, 0.15) is 12.5 Å². The number of benzene rings is 2. The van der Waals surface area contributed by atoms with Crippen LogP contribution in [-0.2, 0) is 4.79 Å². The number of carbonyl (C=O) groups excluding carboxylic acids is 1. The van der Waals surface area contributed by atoms with E-state index in [0.29, 0.717) is 16.3 Å². The molecule has 0 saturated heterocycles. The van der Waals surface area contributed by atoms with Gasteiger partial charge >= 0.3 is 0 Å². The van der Waals surface area contributed by atoms with Gasteiger partial charge in [0, 0.05) is 16.3 Å². The summed E-state index contributed by atoms with van der Waals surface area (Å²) in [5.41, 5.74) is 0.920. The molecule has 8 heteroatoms. The number of carbonyl (C=O) groups is 1. The number of rotatable bonds is 5. The Morgan fingerprint density at radius 2 is 2.00 bits per heavy atom. The van der Waals surface area contributed by atoms with Gasteiger partial charge in [-0.1, -0.05) is 59.8 Å². The molecule has 28 heavy (non-hydrogen) atoms. The van der Waals surface area contributed by atoms with Gasteiger partial charge in [-0.25, -0.2) is 4.98 Å². The van der Waals surface area contributed by atoms with Crippen LogP contribution < -0.4 is 10.9 Å². The summed E-state index contributed by atoms with van der Waals surface area (Å²) in [5.74, 6) is -0.263. The van der Waals surface area contributed by atoms with Crippen molar-refractivity contribution < 1.29 is 4.79 Å². The molecule has 0 fully saturated rings. The van der Waals surface area contributed by atoms with E-state index in [1.165, 1.54) is 0 Å². The van der Waals surface area contributed by atoms with E-state index in [1.54, 1.807) is 55.5 Å². The van der Waals surface area contributed by atoms with E-state index in [9.17, 15) is 14.9 Å². The molecule has 0 bridgehead atoms. The second-order valence-corrected chi connectivity index (χ2v) is 7.60. The molecule has 0 aliphatic rings.